The largest absolute Gasteiger partial charge is 0.377 e. The third-order valence-corrected chi connectivity index (χ3v) is 3.09. The van der Waals surface area contributed by atoms with Gasteiger partial charge in [0, 0.05) is 20.1 Å². The fraction of sp³-hybridized carbons (Fsp3) is 0.667. The van der Waals surface area contributed by atoms with Crippen LogP contribution in [0.4, 0.5) is 0 Å². The van der Waals surface area contributed by atoms with Gasteiger partial charge in [0.05, 0.1) is 0 Å². The summed E-state index contributed by atoms with van der Waals surface area (Å²) < 4.78 is 6.79. The zero-order chi connectivity index (χ0) is 11.4. The fourth-order valence-electron chi connectivity index (χ4n) is 1.39. The summed E-state index contributed by atoms with van der Waals surface area (Å²) in [5.74, 6) is 0.753. The van der Waals surface area contributed by atoms with Crippen molar-refractivity contribution in [2.45, 2.75) is 20.0 Å². The van der Waals surface area contributed by atoms with Gasteiger partial charge in [0.2, 0.25) is 4.96 Å². The first-order valence-corrected chi connectivity index (χ1v) is 6.06. The van der Waals surface area contributed by atoms with Gasteiger partial charge in [0.25, 0.3) is 0 Å². The van der Waals surface area contributed by atoms with Gasteiger partial charge in [0.1, 0.15) is 11.6 Å². The Hall–Kier alpha value is -1.05. The van der Waals surface area contributed by atoms with E-state index in [0.717, 1.165) is 35.3 Å². The predicted molar refractivity (Wildman–Crippen MR) is 61.6 cm³/mol. The minimum absolute atomic E-state index is 0.442. The van der Waals surface area contributed by atoms with Crippen molar-refractivity contribution in [2.24, 2.45) is 0 Å². The van der Waals surface area contributed by atoms with Gasteiger partial charge < -0.3 is 10.1 Å². The smallest absolute Gasteiger partial charge is 0.234 e. The van der Waals surface area contributed by atoms with Gasteiger partial charge in [-0.3, -0.25) is 0 Å². The molecule has 2 heterocycles. The van der Waals surface area contributed by atoms with Crippen LogP contribution in [0.5, 0.6) is 0 Å². The van der Waals surface area contributed by atoms with Crippen molar-refractivity contribution in [1.29, 1.82) is 0 Å². The van der Waals surface area contributed by atoms with Gasteiger partial charge >= 0.3 is 0 Å². The highest BCUT2D eigenvalue weighted by atomic mass is 32.1. The van der Waals surface area contributed by atoms with Crippen LogP contribution in [-0.2, 0) is 17.8 Å². The minimum atomic E-state index is 0.442. The molecule has 0 aliphatic carbocycles. The molecule has 0 radical (unpaired) electrons. The summed E-state index contributed by atoms with van der Waals surface area (Å²) >= 11 is 1.58. The molecule has 0 aliphatic heterocycles. The first kappa shape index (κ1) is 11.4. The van der Waals surface area contributed by atoms with Crippen molar-refractivity contribution in [1.82, 2.24) is 25.1 Å². The van der Waals surface area contributed by atoms with E-state index in [9.17, 15) is 0 Å². The second-order valence-electron chi connectivity index (χ2n) is 3.34. The number of rotatable bonds is 6. The number of aromatic nitrogens is 4. The summed E-state index contributed by atoms with van der Waals surface area (Å²) in [6.45, 7) is 4.46. The van der Waals surface area contributed by atoms with Crippen molar-refractivity contribution in [3.8, 4) is 0 Å². The molecule has 16 heavy (non-hydrogen) atoms. The van der Waals surface area contributed by atoms with E-state index in [1.807, 2.05) is 0 Å². The van der Waals surface area contributed by atoms with Crippen LogP contribution in [0.15, 0.2) is 0 Å². The molecule has 0 aromatic carbocycles. The number of methoxy groups -OCH3 is 1. The molecule has 0 unspecified atom stereocenters. The van der Waals surface area contributed by atoms with E-state index in [1.54, 1.807) is 23.0 Å². The maximum absolute atomic E-state index is 5.03. The Labute approximate surface area is 97.6 Å². The molecular formula is C9H15N5OS. The van der Waals surface area contributed by atoms with Crippen LogP contribution >= 0.6 is 11.3 Å². The molecule has 7 heteroatoms. The average Bonchev–Trinajstić information content (AvgIpc) is 2.81. The molecule has 0 amide bonds. The van der Waals surface area contributed by atoms with Crippen LogP contribution in [-0.4, -0.2) is 40.0 Å². The number of hydrogen-bond acceptors (Lipinski definition) is 6. The summed E-state index contributed by atoms with van der Waals surface area (Å²) in [5.41, 5.74) is 0. The van der Waals surface area contributed by atoms with Crippen LogP contribution in [0.2, 0.25) is 0 Å². The SMILES string of the molecule is CCNCCc1nn2c(COC)nnc2s1. The number of likely N-dealkylation sites (N-methyl/N-ethyl adjacent to an activating group) is 1. The van der Waals surface area contributed by atoms with E-state index in [2.05, 4.69) is 27.5 Å². The number of fused-ring (bicyclic) bond motifs is 1. The van der Waals surface area contributed by atoms with Crippen molar-refractivity contribution in [3.05, 3.63) is 10.8 Å². The van der Waals surface area contributed by atoms with Crippen LogP contribution in [0, 0.1) is 0 Å². The molecule has 0 saturated heterocycles. The summed E-state index contributed by atoms with van der Waals surface area (Å²) in [4.78, 5) is 0.832. The number of nitrogens with zero attached hydrogens (tertiary/aromatic N) is 4. The molecular weight excluding hydrogens is 226 g/mol. The third-order valence-electron chi connectivity index (χ3n) is 2.14. The highest BCUT2D eigenvalue weighted by Crippen LogP contribution is 2.14. The first-order valence-electron chi connectivity index (χ1n) is 5.24. The van der Waals surface area contributed by atoms with Crippen molar-refractivity contribution >= 4 is 16.3 Å². The van der Waals surface area contributed by atoms with Crippen LogP contribution < -0.4 is 5.32 Å². The van der Waals surface area contributed by atoms with Gasteiger partial charge in [-0.1, -0.05) is 18.3 Å². The lowest BCUT2D eigenvalue weighted by Gasteiger charge is -1.96. The molecule has 2 aromatic heterocycles. The lowest BCUT2D eigenvalue weighted by atomic mass is 10.4. The minimum Gasteiger partial charge on any atom is -0.377 e. The Morgan fingerprint density at radius 2 is 2.31 bits per heavy atom. The van der Waals surface area contributed by atoms with Crippen molar-refractivity contribution in [2.75, 3.05) is 20.2 Å². The third kappa shape index (κ3) is 2.37. The summed E-state index contributed by atoms with van der Waals surface area (Å²) in [6, 6.07) is 0. The van der Waals surface area contributed by atoms with Gasteiger partial charge in [-0.15, -0.1) is 10.2 Å². The standard InChI is InChI=1S/C9H15N5OS/c1-3-10-5-4-8-13-14-7(6-15-2)11-12-9(14)16-8/h10H,3-6H2,1-2H3. The Balaban J connectivity index is 2.10. The molecule has 2 aromatic rings. The molecule has 0 bridgehead atoms. The molecule has 0 saturated carbocycles. The Kier molecular flexibility index (Phi) is 3.81. The number of ether oxygens (including phenoxy) is 1. The molecule has 0 atom stereocenters. The topological polar surface area (TPSA) is 64.3 Å². The van der Waals surface area contributed by atoms with Gasteiger partial charge in [-0.25, -0.2) is 0 Å². The molecule has 1 N–H and O–H groups in total. The van der Waals surface area contributed by atoms with Gasteiger partial charge in [-0.2, -0.15) is 9.61 Å². The van der Waals surface area contributed by atoms with E-state index in [0.29, 0.717) is 6.61 Å². The van der Waals surface area contributed by atoms with E-state index in [4.69, 9.17) is 4.74 Å². The fourth-order valence-corrected chi connectivity index (χ4v) is 2.24. The highest BCUT2D eigenvalue weighted by Gasteiger charge is 2.10. The molecule has 88 valence electrons. The average molecular weight is 241 g/mol. The maximum Gasteiger partial charge on any atom is 0.234 e. The first-order chi connectivity index (χ1) is 7.85. The summed E-state index contributed by atoms with van der Waals surface area (Å²) in [7, 11) is 1.64. The zero-order valence-electron chi connectivity index (χ0n) is 9.43. The van der Waals surface area contributed by atoms with Crippen molar-refractivity contribution in [3.63, 3.8) is 0 Å². The maximum atomic E-state index is 5.03. The number of hydrogen-bond donors (Lipinski definition) is 1. The van der Waals surface area contributed by atoms with E-state index < -0.39 is 0 Å². The Morgan fingerprint density at radius 3 is 3.06 bits per heavy atom. The van der Waals surface area contributed by atoms with Gasteiger partial charge in [0.15, 0.2) is 5.82 Å². The number of nitrogens with one attached hydrogen (secondary N) is 1. The van der Waals surface area contributed by atoms with Crippen molar-refractivity contribution < 1.29 is 4.74 Å². The second-order valence-corrected chi connectivity index (χ2v) is 4.38. The molecule has 0 aliphatic rings. The van der Waals surface area contributed by atoms with E-state index in [1.165, 1.54) is 0 Å². The van der Waals surface area contributed by atoms with Crippen LogP contribution in [0.1, 0.15) is 17.8 Å². The molecule has 2 rings (SSSR count). The second kappa shape index (κ2) is 5.33. The van der Waals surface area contributed by atoms with E-state index in [-0.39, 0.29) is 0 Å². The van der Waals surface area contributed by atoms with Crippen LogP contribution in [0.3, 0.4) is 0 Å². The lowest BCUT2D eigenvalue weighted by Crippen LogP contribution is -2.16. The zero-order valence-corrected chi connectivity index (χ0v) is 10.3. The van der Waals surface area contributed by atoms with Crippen LogP contribution in [0.25, 0.3) is 4.96 Å². The summed E-state index contributed by atoms with van der Waals surface area (Å²) in [6.07, 6.45) is 0.925. The quantitative estimate of drug-likeness (QED) is 0.745. The predicted octanol–water partition coefficient (Wildman–Crippen LogP) is 0.484. The van der Waals surface area contributed by atoms with Gasteiger partial charge in [-0.05, 0) is 6.54 Å². The monoisotopic (exact) mass is 241 g/mol. The normalized spacial score (nSPS) is 11.4. The molecule has 0 fully saturated rings. The summed E-state index contributed by atoms with van der Waals surface area (Å²) in [5, 5.41) is 16.9. The lowest BCUT2D eigenvalue weighted by molar-refractivity contribution is 0.176. The highest BCUT2D eigenvalue weighted by molar-refractivity contribution is 7.16. The molecule has 0 spiro atoms. The molecule has 6 nitrogen and oxygen atoms in total. The van der Waals surface area contributed by atoms with E-state index >= 15 is 0 Å². The Bertz CT molecular complexity index is 452. The Morgan fingerprint density at radius 1 is 1.44 bits per heavy atom.